The minimum absolute atomic E-state index is 0.164. The van der Waals surface area contributed by atoms with Gasteiger partial charge in [-0.15, -0.1) is 0 Å². The van der Waals surface area contributed by atoms with Crippen molar-refractivity contribution in [3.8, 4) is 0 Å². The molecule has 1 fully saturated rings. The molecule has 0 atom stereocenters. The highest BCUT2D eigenvalue weighted by molar-refractivity contribution is 8.11. The molecule has 1 amide bonds. The number of amides is 1. The van der Waals surface area contributed by atoms with E-state index < -0.39 is 0 Å². The smallest absolute Gasteiger partial charge is 0.298 e. The fourth-order valence-electron chi connectivity index (χ4n) is 3.95. The lowest BCUT2D eigenvalue weighted by molar-refractivity contribution is -0.864. The SMILES string of the molecule is CC(C)(C)c1nc2cc(Cl)c(NC(=O)SN3CC[N+](C)([O-])CC3)cc2n1Cc1ccccc1. The normalized spacial score (nSPS) is 16.8. The number of benzene rings is 2. The van der Waals surface area contributed by atoms with Gasteiger partial charge in [0.1, 0.15) is 5.82 Å². The molecule has 1 aromatic heterocycles. The Labute approximate surface area is 204 Å². The minimum Gasteiger partial charge on any atom is -0.633 e. The summed E-state index contributed by atoms with van der Waals surface area (Å²) in [7, 11) is 1.67. The van der Waals surface area contributed by atoms with E-state index in [1.165, 1.54) is 5.56 Å². The van der Waals surface area contributed by atoms with Gasteiger partial charge in [-0.25, -0.2) is 9.29 Å². The van der Waals surface area contributed by atoms with E-state index in [2.05, 4.69) is 42.8 Å². The predicted octanol–water partition coefficient (Wildman–Crippen LogP) is 5.48. The number of likely N-dealkylation sites (N-methyl/N-ethyl adjacent to an activating group) is 1. The van der Waals surface area contributed by atoms with E-state index in [0.29, 0.717) is 43.4 Å². The number of imidazole rings is 1. The first-order chi connectivity index (χ1) is 15.5. The molecule has 176 valence electrons. The molecule has 0 radical (unpaired) electrons. The zero-order chi connectivity index (χ0) is 23.8. The van der Waals surface area contributed by atoms with Crippen LogP contribution in [-0.2, 0) is 12.0 Å². The molecule has 0 unspecified atom stereocenters. The molecule has 9 heteroatoms. The van der Waals surface area contributed by atoms with Gasteiger partial charge in [-0.2, -0.15) is 0 Å². The van der Waals surface area contributed by atoms with Gasteiger partial charge in [0.25, 0.3) is 5.24 Å². The number of aromatic nitrogens is 2. The molecule has 33 heavy (non-hydrogen) atoms. The minimum atomic E-state index is -0.261. The van der Waals surface area contributed by atoms with Gasteiger partial charge in [-0.1, -0.05) is 62.7 Å². The number of halogens is 1. The van der Waals surface area contributed by atoms with Crippen molar-refractivity contribution in [2.24, 2.45) is 0 Å². The molecule has 7 nitrogen and oxygen atoms in total. The van der Waals surface area contributed by atoms with Crippen molar-refractivity contribution >= 4 is 45.5 Å². The molecule has 0 saturated carbocycles. The Hall–Kier alpha value is -2.10. The fraction of sp³-hybridized carbons (Fsp3) is 0.417. The number of rotatable bonds is 4. The van der Waals surface area contributed by atoms with E-state index in [-0.39, 0.29) is 15.3 Å². The standard InChI is InChI=1S/C24H30ClN5O2S/c1-24(2,3)22-26-20-14-18(25)19(15-21(20)29(22)16-17-8-6-5-7-9-17)27-23(31)33-28-10-12-30(4,32)13-11-28/h5-9,14-15H,10-13,16H2,1-4H3,(H,27,31). The van der Waals surface area contributed by atoms with Crippen molar-refractivity contribution in [1.82, 2.24) is 13.9 Å². The van der Waals surface area contributed by atoms with E-state index in [0.717, 1.165) is 28.8 Å². The first kappa shape index (κ1) is 24.0. The molecule has 0 spiro atoms. The maximum Gasteiger partial charge on any atom is 0.298 e. The van der Waals surface area contributed by atoms with Gasteiger partial charge >= 0.3 is 0 Å². The number of piperazine rings is 1. The van der Waals surface area contributed by atoms with Gasteiger partial charge < -0.3 is 19.7 Å². The second kappa shape index (κ2) is 9.27. The quantitative estimate of drug-likeness (QED) is 0.300. The van der Waals surface area contributed by atoms with Crippen LogP contribution in [0.3, 0.4) is 0 Å². The Kier molecular flexibility index (Phi) is 6.75. The van der Waals surface area contributed by atoms with Crippen LogP contribution in [0.25, 0.3) is 11.0 Å². The van der Waals surface area contributed by atoms with Gasteiger partial charge in [0.2, 0.25) is 0 Å². The van der Waals surface area contributed by atoms with Crippen LogP contribution >= 0.6 is 23.5 Å². The first-order valence-electron chi connectivity index (χ1n) is 11.1. The highest BCUT2D eigenvalue weighted by atomic mass is 35.5. The lowest BCUT2D eigenvalue weighted by atomic mass is 9.95. The van der Waals surface area contributed by atoms with Crippen LogP contribution in [-0.4, -0.2) is 57.0 Å². The second-order valence-corrected chi connectivity index (χ2v) is 11.2. The molecule has 1 saturated heterocycles. The number of nitrogens with one attached hydrogen (secondary N) is 1. The number of hydrogen-bond acceptors (Lipinski definition) is 5. The van der Waals surface area contributed by atoms with Crippen LogP contribution < -0.4 is 5.32 Å². The molecular formula is C24H30ClN5O2S. The molecule has 3 aromatic rings. The number of anilines is 1. The number of carbonyl (C=O) groups excluding carboxylic acids is 1. The second-order valence-electron chi connectivity index (χ2n) is 9.75. The van der Waals surface area contributed by atoms with Gasteiger partial charge in [-0.05, 0) is 17.7 Å². The number of quaternary nitrogens is 1. The van der Waals surface area contributed by atoms with Gasteiger partial charge in [0.05, 0.1) is 55.0 Å². The highest BCUT2D eigenvalue weighted by Crippen LogP contribution is 2.33. The summed E-state index contributed by atoms with van der Waals surface area (Å²) >= 11 is 7.63. The zero-order valence-corrected chi connectivity index (χ0v) is 21.0. The van der Waals surface area contributed by atoms with Crippen LogP contribution in [0.5, 0.6) is 0 Å². The van der Waals surface area contributed by atoms with Gasteiger partial charge in [0.15, 0.2) is 0 Å². The number of fused-ring (bicyclic) bond motifs is 1. The average Bonchev–Trinajstić information content (AvgIpc) is 3.08. The highest BCUT2D eigenvalue weighted by Gasteiger charge is 2.26. The monoisotopic (exact) mass is 487 g/mol. The van der Waals surface area contributed by atoms with Crippen molar-refractivity contribution < 1.29 is 9.44 Å². The Morgan fingerprint density at radius 1 is 1.21 bits per heavy atom. The molecule has 0 aliphatic carbocycles. The molecule has 0 bridgehead atoms. The third-order valence-corrected chi connectivity index (χ3v) is 6.99. The lowest BCUT2D eigenvalue weighted by Gasteiger charge is -2.44. The van der Waals surface area contributed by atoms with Crippen molar-refractivity contribution in [3.63, 3.8) is 0 Å². The Balaban J connectivity index is 1.61. The molecule has 1 N–H and O–H groups in total. The fourth-order valence-corrected chi connectivity index (χ4v) is 4.89. The van der Waals surface area contributed by atoms with E-state index >= 15 is 0 Å². The number of hydrogen-bond donors (Lipinski definition) is 1. The van der Waals surface area contributed by atoms with E-state index in [4.69, 9.17) is 16.6 Å². The number of nitrogens with zero attached hydrogens (tertiary/aromatic N) is 4. The van der Waals surface area contributed by atoms with Crippen LogP contribution in [0.1, 0.15) is 32.2 Å². The summed E-state index contributed by atoms with van der Waals surface area (Å²) in [4.78, 5) is 17.6. The van der Waals surface area contributed by atoms with Crippen LogP contribution in [0.15, 0.2) is 42.5 Å². The maximum absolute atomic E-state index is 12.7. The Morgan fingerprint density at radius 2 is 1.88 bits per heavy atom. The summed E-state index contributed by atoms with van der Waals surface area (Å²) in [6.07, 6.45) is 0. The third kappa shape index (κ3) is 5.70. The predicted molar refractivity (Wildman–Crippen MR) is 136 cm³/mol. The zero-order valence-electron chi connectivity index (χ0n) is 19.5. The molecular weight excluding hydrogens is 458 g/mol. The Bertz CT molecular complexity index is 1150. The van der Waals surface area contributed by atoms with Crippen LogP contribution in [0.4, 0.5) is 10.5 Å². The average molecular weight is 488 g/mol. The summed E-state index contributed by atoms with van der Waals surface area (Å²) in [5.41, 5.74) is 3.29. The van der Waals surface area contributed by atoms with E-state index in [1.54, 1.807) is 7.05 Å². The summed E-state index contributed by atoms with van der Waals surface area (Å²) in [5, 5.41) is 15.2. The molecule has 2 aromatic carbocycles. The summed E-state index contributed by atoms with van der Waals surface area (Å²) in [6.45, 7) is 9.19. The van der Waals surface area contributed by atoms with Crippen molar-refractivity contribution in [3.05, 3.63) is 64.1 Å². The Morgan fingerprint density at radius 3 is 2.52 bits per heavy atom. The summed E-state index contributed by atoms with van der Waals surface area (Å²) in [5.74, 6) is 0.961. The van der Waals surface area contributed by atoms with Crippen molar-refractivity contribution in [2.45, 2.75) is 32.7 Å². The summed E-state index contributed by atoms with van der Waals surface area (Å²) < 4.78 is 3.86. The number of hydroxylamine groups is 3. The summed E-state index contributed by atoms with van der Waals surface area (Å²) in [6, 6.07) is 14.0. The topological polar surface area (TPSA) is 73.2 Å². The van der Waals surface area contributed by atoms with E-state index in [9.17, 15) is 10.0 Å². The van der Waals surface area contributed by atoms with Gasteiger partial charge in [-0.3, -0.25) is 4.79 Å². The maximum atomic E-state index is 12.7. The number of carbonyl (C=O) groups is 1. The van der Waals surface area contributed by atoms with Gasteiger partial charge in [0, 0.05) is 23.9 Å². The van der Waals surface area contributed by atoms with Crippen molar-refractivity contribution in [2.75, 3.05) is 38.5 Å². The molecule has 2 heterocycles. The van der Waals surface area contributed by atoms with E-state index in [1.807, 2.05) is 34.6 Å². The van der Waals surface area contributed by atoms with Crippen LogP contribution in [0.2, 0.25) is 5.02 Å². The lowest BCUT2D eigenvalue weighted by Crippen LogP contribution is -2.52. The molecule has 1 aliphatic rings. The third-order valence-electron chi connectivity index (χ3n) is 5.78. The largest absolute Gasteiger partial charge is 0.633 e. The van der Waals surface area contributed by atoms with Crippen molar-refractivity contribution in [1.29, 1.82) is 0 Å². The molecule has 4 rings (SSSR count). The van der Waals surface area contributed by atoms with Crippen LogP contribution in [0, 0.1) is 5.21 Å². The molecule has 1 aliphatic heterocycles. The first-order valence-corrected chi connectivity index (χ1v) is 12.2.